The van der Waals surface area contributed by atoms with Gasteiger partial charge in [0.05, 0.1) is 11.9 Å². The van der Waals surface area contributed by atoms with Crippen molar-refractivity contribution < 1.29 is 9.53 Å². The zero-order valence-corrected chi connectivity index (χ0v) is 10.0. The summed E-state index contributed by atoms with van der Waals surface area (Å²) >= 11 is 1.63. The van der Waals surface area contributed by atoms with E-state index in [9.17, 15) is 4.79 Å². The van der Waals surface area contributed by atoms with Gasteiger partial charge < -0.3 is 10.5 Å². The average Bonchev–Trinajstić information content (AvgIpc) is 2.29. The predicted octanol–water partition coefficient (Wildman–Crippen LogP) is 1.54. The fourth-order valence-electron chi connectivity index (χ4n) is 1.50. The van der Waals surface area contributed by atoms with Crippen molar-refractivity contribution in [2.45, 2.75) is 44.6 Å². The SMILES string of the molecule is CCC[C@H]1N=C(N)CCSC1OC(C)=O. The lowest BCUT2D eigenvalue weighted by molar-refractivity contribution is -0.143. The molecular weight excluding hydrogens is 212 g/mol. The molecule has 0 aliphatic carbocycles. The number of nitrogens with zero attached hydrogens (tertiary/aromatic N) is 1. The van der Waals surface area contributed by atoms with Gasteiger partial charge in [-0.25, -0.2) is 0 Å². The molecule has 0 aromatic rings. The molecule has 0 aromatic carbocycles. The zero-order valence-electron chi connectivity index (χ0n) is 9.23. The van der Waals surface area contributed by atoms with Crippen molar-refractivity contribution in [1.29, 1.82) is 0 Å². The molecule has 0 radical (unpaired) electrons. The minimum absolute atomic E-state index is 0.0198. The predicted molar refractivity (Wildman–Crippen MR) is 62.9 cm³/mol. The highest BCUT2D eigenvalue weighted by atomic mass is 32.2. The van der Waals surface area contributed by atoms with Gasteiger partial charge in [-0.15, -0.1) is 11.8 Å². The summed E-state index contributed by atoms with van der Waals surface area (Å²) in [5.74, 6) is 1.30. The van der Waals surface area contributed by atoms with Crippen LogP contribution in [-0.4, -0.2) is 29.0 Å². The van der Waals surface area contributed by atoms with E-state index in [2.05, 4.69) is 11.9 Å². The first-order valence-corrected chi connectivity index (χ1v) is 6.29. The second-order valence-corrected chi connectivity index (χ2v) is 4.78. The number of rotatable bonds is 3. The Bertz CT molecular complexity index is 256. The molecule has 86 valence electrons. The monoisotopic (exact) mass is 230 g/mol. The normalized spacial score (nSPS) is 26.7. The van der Waals surface area contributed by atoms with Crippen LogP contribution in [-0.2, 0) is 9.53 Å². The molecule has 0 saturated carbocycles. The van der Waals surface area contributed by atoms with Crippen LogP contribution in [0.1, 0.15) is 33.1 Å². The highest BCUT2D eigenvalue weighted by Gasteiger charge is 2.26. The van der Waals surface area contributed by atoms with Crippen LogP contribution in [0.15, 0.2) is 4.99 Å². The van der Waals surface area contributed by atoms with Crippen molar-refractivity contribution in [3.8, 4) is 0 Å². The number of ether oxygens (including phenoxy) is 1. The summed E-state index contributed by atoms with van der Waals surface area (Å²) in [4.78, 5) is 15.3. The van der Waals surface area contributed by atoms with E-state index >= 15 is 0 Å². The Hall–Kier alpha value is -0.710. The van der Waals surface area contributed by atoms with Crippen molar-refractivity contribution in [3.05, 3.63) is 0 Å². The van der Waals surface area contributed by atoms with Gasteiger partial charge in [-0.05, 0) is 6.42 Å². The average molecular weight is 230 g/mol. The number of esters is 1. The molecule has 0 amide bonds. The lowest BCUT2D eigenvalue weighted by Crippen LogP contribution is -2.27. The Balaban J connectivity index is 2.68. The van der Waals surface area contributed by atoms with Crippen molar-refractivity contribution >= 4 is 23.6 Å². The van der Waals surface area contributed by atoms with Crippen molar-refractivity contribution in [3.63, 3.8) is 0 Å². The van der Waals surface area contributed by atoms with Crippen LogP contribution in [0.5, 0.6) is 0 Å². The first-order chi connectivity index (χ1) is 7.13. The smallest absolute Gasteiger partial charge is 0.303 e. The molecule has 4 nitrogen and oxygen atoms in total. The molecule has 1 heterocycles. The number of hydrogen-bond acceptors (Lipinski definition) is 5. The summed E-state index contributed by atoms with van der Waals surface area (Å²) in [5, 5.41) is 0. The summed E-state index contributed by atoms with van der Waals surface area (Å²) in [6.07, 6.45) is 2.70. The fraction of sp³-hybridized carbons (Fsp3) is 0.800. The van der Waals surface area contributed by atoms with Gasteiger partial charge in [0.1, 0.15) is 0 Å². The Morgan fingerprint density at radius 1 is 1.73 bits per heavy atom. The molecule has 2 N–H and O–H groups in total. The van der Waals surface area contributed by atoms with E-state index < -0.39 is 0 Å². The van der Waals surface area contributed by atoms with E-state index in [4.69, 9.17) is 10.5 Å². The van der Waals surface area contributed by atoms with Gasteiger partial charge in [-0.1, -0.05) is 13.3 Å². The minimum atomic E-state index is -0.246. The maximum Gasteiger partial charge on any atom is 0.303 e. The summed E-state index contributed by atoms with van der Waals surface area (Å²) in [6.45, 7) is 3.52. The highest BCUT2D eigenvalue weighted by Crippen LogP contribution is 2.25. The molecular formula is C10H18N2O2S. The maximum atomic E-state index is 10.9. The standard InChI is InChI=1S/C10H18N2O2S/c1-3-4-8-10(14-7(2)13)15-6-5-9(11)12-8/h8,10H,3-6H2,1-2H3,(H2,11,12)/t8-,10?/m1/s1. The number of thioether (sulfide) groups is 1. The third kappa shape index (κ3) is 4.11. The van der Waals surface area contributed by atoms with Gasteiger partial charge >= 0.3 is 5.97 Å². The molecule has 1 unspecified atom stereocenters. The Morgan fingerprint density at radius 3 is 3.07 bits per heavy atom. The van der Waals surface area contributed by atoms with E-state index in [1.54, 1.807) is 11.8 Å². The molecule has 15 heavy (non-hydrogen) atoms. The lowest BCUT2D eigenvalue weighted by Gasteiger charge is -2.21. The number of carbonyl (C=O) groups excluding carboxylic acids is 1. The van der Waals surface area contributed by atoms with Crippen LogP contribution >= 0.6 is 11.8 Å². The van der Waals surface area contributed by atoms with E-state index in [1.165, 1.54) is 6.92 Å². The number of hydrogen-bond donors (Lipinski definition) is 1. The van der Waals surface area contributed by atoms with Crippen molar-refractivity contribution in [1.82, 2.24) is 0 Å². The van der Waals surface area contributed by atoms with E-state index in [0.29, 0.717) is 5.84 Å². The zero-order chi connectivity index (χ0) is 11.3. The van der Waals surface area contributed by atoms with Crippen LogP contribution in [0.25, 0.3) is 0 Å². The second kappa shape index (κ2) is 6.00. The van der Waals surface area contributed by atoms with Crippen molar-refractivity contribution in [2.24, 2.45) is 10.7 Å². The minimum Gasteiger partial charge on any atom is -0.449 e. The Labute approximate surface area is 94.7 Å². The molecule has 1 aliphatic rings. The van der Waals surface area contributed by atoms with Crippen LogP contribution in [0.2, 0.25) is 0 Å². The molecule has 0 fully saturated rings. The summed E-state index contributed by atoms with van der Waals surface area (Å²) in [5.41, 5.74) is 5.58. The van der Waals surface area contributed by atoms with Crippen LogP contribution < -0.4 is 5.73 Å². The summed E-state index contributed by atoms with van der Waals surface area (Å²) in [7, 11) is 0. The lowest BCUT2D eigenvalue weighted by atomic mass is 10.2. The third-order valence-corrected chi connectivity index (χ3v) is 3.33. The Kier molecular flexibility index (Phi) is 4.94. The van der Waals surface area contributed by atoms with E-state index in [1.807, 2.05) is 0 Å². The first kappa shape index (κ1) is 12.4. The summed E-state index contributed by atoms with van der Waals surface area (Å²) < 4.78 is 5.25. The molecule has 0 saturated heterocycles. The van der Waals surface area contributed by atoms with Gasteiger partial charge in [0, 0.05) is 19.1 Å². The Morgan fingerprint density at radius 2 is 2.47 bits per heavy atom. The van der Waals surface area contributed by atoms with Crippen LogP contribution in [0.4, 0.5) is 0 Å². The topological polar surface area (TPSA) is 64.7 Å². The summed E-state index contributed by atoms with van der Waals surface area (Å²) in [6, 6.07) is 0.0198. The largest absolute Gasteiger partial charge is 0.449 e. The fourth-order valence-corrected chi connectivity index (χ4v) is 2.68. The van der Waals surface area contributed by atoms with E-state index in [-0.39, 0.29) is 17.4 Å². The van der Waals surface area contributed by atoms with Gasteiger partial charge in [0.15, 0.2) is 5.44 Å². The number of amidine groups is 1. The first-order valence-electron chi connectivity index (χ1n) is 5.24. The highest BCUT2D eigenvalue weighted by molar-refractivity contribution is 7.99. The quantitative estimate of drug-likeness (QED) is 0.747. The molecule has 1 aliphatic heterocycles. The van der Waals surface area contributed by atoms with Crippen LogP contribution in [0, 0.1) is 0 Å². The van der Waals surface area contributed by atoms with E-state index in [0.717, 1.165) is 25.0 Å². The number of carbonyl (C=O) groups is 1. The molecule has 1 rings (SSSR count). The van der Waals surface area contributed by atoms with Gasteiger partial charge in [-0.3, -0.25) is 9.79 Å². The molecule has 0 aromatic heterocycles. The second-order valence-electron chi connectivity index (χ2n) is 3.58. The molecule has 0 bridgehead atoms. The van der Waals surface area contributed by atoms with Crippen molar-refractivity contribution in [2.75, 3.05) is 5.75 Å². The molecule has 5 heteroatoms. The van der Waals surface area contributed by atoms with Gasteiger partial charge in [0.25, 0.3) is 0 Å². The third-order valence-electron chi connectivity index (χ3n) is 2.15. The van der Waals surface area contributed by atoms with Crippen LogP contribution in [0.3, 0.4) is 0 Å². The van der Waals surface area contributed by atoms with Gasteiger partial charge in [-0.2, -0.15) is 0 Å². The molecule has 0 spiro atoms. The molecule has 2 atom stereocenters. The number of nitrogens with two attached hydrogens (primary N) is 1. The van der Waals surface area contributed by atoms with Gasteiger partial charge in [0.2, 0.25) is 0 Å². The number of aliphatic imine (C=N–C) groups is 1. The maximum absolute atomic E-state index is 10.9.